The Labute approximate surface area is 256 Å². The van der Waals surface area contributed by atoms with Crippen molar-refractivity contribution in [1.82, 2.24) is 4.57 Å². The maximum atomic E-state index is 2.47. The third kappa shape index (κ3) is 5.38. The van der Waals surface area contributed by atoms with Crippen LogP contribution in [0.1, 0.15) is 71.7 Å². The van der Waals surface area contributed by atoms with Crippen LogP contribution in [0.3, 0.4) is 0 Å². The van der Waals surface area contributed by atoms with E-state index in [1.54, 1.807) is 0 Å². The van der Waals surface area contributed by atoms with Gasteiger partial charge in [-0.05, 0) is 94.0 Å². The van der Waals surface area contributed by atoms with Crippen LogP contribution >= 0.6 is 11.8 Å². The van der Waals surface area contributed by atoms with Crippen molar-refractivity contribution in [1.29, 1.82) is 0 Å². The smallest absolute Gasteiger partial charge is 0.0537 e. The molecular weight excluding hydrogens is 527 g/mol. The number of benzene rings is 4. The zero-order valence-corrected chi connectivity index (χ0v) is 27.0. The average Bonchev–Trinajstić information content (AvgIpc) is 3.30. The second-order valence-corrected chi connectivity index (χ2v) is 15.4. The van der Waals surface area contributed by atoms with E-state index >= 15 is 0 Å². The fourth-order valence-corrected chi connectivity index (χ4v) is 7.30. The molecule has 1 aliphatic carbocycles. The molecule has 0 spiro atoms. The van der Waals surface area contributed by atoms with E-state index in [2.05, 4.69) is 156 Å². The molecule has 0 radical (unpaired) electrons. The van der Waals surface area contributed by atoms with Crippen molar-refractivity contribution in [2.24, 2.45) is 5.92 Å². The Kier molecular flexibility index (Phi) is 7.48. The van der Waals surface area contributed by atoms with Crippen LogP contribution in [-0.2, 0) is 11.8 Å². The molecule has 1 aromatic heterocycles. The molecule has 0 bridgehead atoms. The first-order valence-electron chi connectivity index (χ1n) is 15.4. The number of allylic oxidation sites excluding steroid dienone is 1. The highest BCUT2D eigenvalue weighted by atomic mass is 32.2. The zero-order chi connectivity index (χ0) is 29.6. The molecule has 1 atom stereocenters. The maximum absolute atomic E-state index is 2.47. The Morgan fingerprint density at radius 1 is 0.786 bits per heavy atom. The Bertz CT molecular complexity index is 1760. The third-order valence-corrected chi connectivity index (χ3v) is 10.1. The van der Waals surface area contributed by atoms with Crippen molar-refractivity contribution in [2.45, 2.75) is 76.4 Å². The molecule has 1 nitrogen and oxygen atoms in total. The second-order valence-electron chi connectivity index (χ2n) is 13.5. The molecule has 2 heteroatoms. The van der Waals surface area contributed by atoms with Crippen molar-refractivity contribution in [3.63, 3.8) is 0 Å². The van der Waals surface area contributed by atoms with E-state index in [4.69, 9.17) is 0 Å². The van der Waals surface area contributed by atoms with Crippen LogP contribution in [0.4, 0.5) is 0 Å². The minimum Gasteiger partial charge on any atom is -0.310 e. The zero-order valence-electron chi connectivity index (χ0n) is 26.2. The van der Waals surface area contributed by atoms with Crippen LogP contribution in [0.25, 0.3) is 44.9 Å². The van der Waals surface area contributed by atoms with Gasteiger partial charge in [-0.1, -0.05) is 115 Å². The lowest BCUT2D eigenvalue weighted by Gasteiger charge is -2.29. The largest absolute Gasteiger partial charge is 0.310 e. The van der Waals surface area contributed by atoms with Gasteiger partial charge in [-0.25, -0.2) is 0 Å². The highest BCUT2D eigenvalue weighted by Gasteiger charge is 2.26. The first kappa shape index (κ1) is 28.6. The summed E-state index contributed by atoms with van der Waals surface area (Å²) < 4.78 is 2.53. The average molecular weight is 570 g/mol. The molecule has 0 saturated heterocycles. The van der Waals surface area contributed by atoms with Crippen LogP contribution < -0.4 is 0 Å². The van der Waals surface area contributed by atoms with Gasteiger partial charge in [0.15, 0.2) is 0 Å². The lowest BCUT2D eigenvalue weighted by Crippen LogP contribution is -2.16. The summed E-state index contributed by atoms with van der Waals surface area (Å²) in [5.74, 6) is 0.566. The molecule has 0 aliphatic heterocycles. The Morgan fingerprint density at radius 3 is 2.05 bits per heavy atom. The summed E-state index contributed by atoms with van der Waals surface area (Å²) in [6.45, 7) is 16.3. The SMILES string of the molecule is CCC(C)(C)c1cc(-c2ccccc2)c(SC(C)(C)C)c(-c2ccc(-n3c4c(c5ccccc53)CC(C)C=C4)cc2)c1. The summed E-state index contributed by atoms with van der Waals surface area (Å²) in [5, 5.41) is 1.37. The predicted molar refractivity (Wildman–Crippen MR) is 185 cm³/mol. The predicted octanol–water partition coefficient (Wildman–Crippen LogP) is 11.7. The van der Waals surface area contributed by atoms with Gasteiger partial charge in [0.1, 0.15) is 0 Å². The number of thioether (sulfide) groups is 1. The lowest BCUT2D eigenvalue weighted by molar-refractivity contribution is 0.506. The van der Waals surface area contributed by atoms with Gasteiger partial charge in [0.05, 0.1) is 5.52 Å². The van der Waals surface area contributed by atoms with E-state index in [0.29, 0.717) is 5.92 Å². The summed E-state index contributed by atoms with van der Waals surface area (Å²) in [5.41, 5.74) is 12.0. The first-order chi connectivity index (χ1) is 20.1. The van der Waals surface area contributed by atoms with E-state index in [0.717, 1.165) is 12.8 Å². The number of nitrogens with zero attached hydrogens (tertiary/aromatic N) is 1. The van der Waals surface area contributed by atoms with Crippen molar-refractivity contribution < 1.29 is 0 Å². The van der Waals surface area contributed by atoms with Gasteiger partial charge >= 0.3 is 0 Å². The van der Waals surface area contributed by atoms with E-state index in [1.807, 2.05) is 11.8 Å². The fraction of sp³-hybridized carbons (Fsp3) is 0.300. The van der Waals surface area contributed by atoms with E-state index in [9.17, 15) is 0 Å². The normalized spacial score (nSPS) is 15.3. The van der Waals surface area contributed by atoms with Crippen LogP contribution in [0.15, 0.2) is 102 Å². The molecule has 1 heterocycles. The van der Waals surface area contributed by atoms with Crippen LogP contribution in [0.5, 0.6) is 0 Å². The van der Waals surface area contributed by atoms with Gasteiger partial charge in [0, 0.05) is 26.4 Å². The molecule has 1 aliphatic rings. The molecule has 0 N–H and O–H groups in total. The molecule has 0 saturated carbocycles. The minimum absolute atomic E-state index is 0.0760. The van der Waals surface area contributed by atoms with Crippen LogP contribution in [0.2, 0.25) is 0 Å². The first-order valence-corrected chi connectivity index (χ1v) is 16.2. The Balaban J connectivity index is 1.55. The van der Waals surface area contributed by atoms with Gasteiger partial charge in [-0.15, -0.1) is 11.8 Å². The number of hydrogen-bond acceptors (Lipinski definition) is 1. The van der Waals surface area contributed by atoms with Crippen LogP contribution in [-0.4, -0.2) is 9.31 Å². The summed E-state index contributed by atoms with van der Waals surface area (Å²) in [7, 11) is 0. The molecule has 0 fully saturated rings. The lowest BCUT2D eigenvalue weighted by atomic mass is 9.79. The highest BCUT2D eigenvalue weighted by Crippen LogP contribution is 2.47. The number of hydrogen-bond donors (Lipinski definition) is 0. The van der Waals surface area contributed by atoms with E-state index in [-0.39, 0.29) is 10.2 Å². The molecular formula is C40H43NS. The van der Waals surface area contributed by atoms with Crippen molar-refractivity contribution in [3.8, 4) is 27.9 Å². The summed E-state index contributed by atoms with van der Waals surface area (Å²) in [6.07, 6.45) is 6.86. The summed E-state index contributed by atoms with van der Waals surface area (Å²) in [4.78, 5) is 1.36. The number of para-hydroxylation sites is 1. The quantitative estimate of drug-likeness (QED) is 0.184. The van der Waals surface area contributed by atoms with Gasteiger partial charge in [-0.2, -0.15) is 0 Å². The number of aromatic nitrogens is 1. The molecule has 42 heavy (non-hydrogen) atoms. The Morgan fingerprint density at radius 2 is 1.40 bits per heavy atom. The van der Waals surface area contributed by atoms with E-state index in [1.165, 1.54) is 60.6 Å². The summed E-state index contributed by atoms with van der Waals surface area (Å²) >= 11 is 1.98. The maximum Gasteiger partial charge on any atom is 0.0537 e. The highest BCUT2D eigenvalue weighted by molar-refractivity contribution is 8.00. The number of fused-ring (bicyclic) bond motifs is 3. The van der Waals surface area contributed by atoms with E-state index < -0.39 is 0 Å². The van der Waals surface area contributed by atoms with Gasteiger partial charge in [-0.3, -0.25) is 0 Å². The van der Waals surface area contributed by atoms with Crippen LogP contribution in [0, 0.1) is 5.92 Å². The fourth-order valence-electron chi connectivity index (χ4n) is 6.12. The van der Waals surface area contributed by atoms with Crippen molar-refractivity contribution in [2.75, 3.05) is 0 Å². The molecule has 0 amide bonds. The van der Waals surface area contributed by atoms with Crippen molar-refractivity contribution in [3.05, 3.63) is 114 Å². The minimum atomic E-state index is 0.0760. The molecule has 4 aromatic carbocycles. The standard InChI is InChI=1S/C40H43NS/c1-8-40(6,7)30-25-33(28-14-10-9-11-15-28)38(42-39(3,4)5)34(26-30)29-19-21-31(22-20-29)41-36-17-13-12-16-32(36)35-24-27(2)18-23-37(35)41/h9-23,25-27H,8,24H2,1-7H3. The monoisotopic (exact) mass is 569 g/mol. The third-order valence-electron chi connectivity index (χ3n) is 8.81. The topological polar surface area (TPSA) is 4.93 Å². The van der Waals surface area contributed by atoms with Gasteiger partial charge < -0.3 is 4.57 Å². The second kappa shape index (κ2) is 11.0. The Hall–Kier alpha value is -3.49. The molecule has 6 rings (SSSR count). The molecule has 214 valence electrons. The van der Waals surface area contributed by atoms with Crippen molar-refractivity contribution >= 4 is 28.7 Å². The van der Waals surface area contributed by atoms with Gasteiger partial charge in [0.25, 0.3) is 0 Å². The molecule has 5 aromatic rings. The number of rotatable bonds is 6. The molecule has 1 unspecified atom stereocenters. The van der Waals surface area contributed by atoms with Gasteiger partial charge in [0.2, 0.25) is 0 Å². The summed E-state index contributed by atoms with van der Waals surface area (Å²) in [6, 6.07) is 34.1.